The van der Waals surface area contributed by atoms with Crippen molar-refractivity contribution in [3.8, 4) is 0 Å². The van der Waals surface area contributed by atoms with Crippen molar-refractivity contribution in [2.75, 3.05) is 36.8 Å². The molecule has 2 N–H and O–H groups in total. The molecule has 0 aromatic carbocycles. The van der Waals surface area contributed by atoms with Gasteiger partial charge in [0.1, 0.15) is 5.82 Å². The topological polar surface area (TPSA) is 58.3 Å². The predicted molar refractivity (Wildman–Crippen MR) is 72.5 cm³/mol. The van der Waals surface area contributed by atoms with Gasteiger partial charge in [0, 0.05) is 25.3 Å². The van der Waals surface area contributed by atoms with Crippen LogP contribution in [0.4, 0.5) is 11.8 Å². The number of piperidine rings is 1. The second-order valence-corrected chi connectivity index (χ2v) is 5.26. The molecule has 18 heavy (non-hydrogen) atoms. The Balaban J connectivity index is 1.64. The Morgan fingerprint density at radius 1 is 1.17 bits per heavy atom. The number of hydrogen-bond acceptors (Lipinski definition) is 5. The smallest absolute Gasteiger partial charge is 0.221 e. The lowest BCUT2D eigenvalue weighted by Gasteiger charge is -2.32. The van der Waals surface area contributed by atoms with Crippen molar-refractivity contribution < 1.29 is 0 Å². The molecule has 5 heteroatoms. The number of nitrogens with two attached hydrogens (primary N) is 1. The fraction of sp³-hybridized carbons (Fsp3) is 0.692. The molecule has 3 rings (SSSR count). The molecule has 1 aromatic heterocycles. The lowest BCUT2D eigenvalue weighted by atomic mass is 10.1. The van der Waals surface area contributed by atoms with Crippen molar-refractivity contribution in [3.63, 3.8) is 0 Å². The molecule has 0 aliphatic carbocycles. The van der Waals surface area contributed by atoms with E-state index in [9.17, 15) is 0 Å². The zero-order valence-electron chi connectivity index (χ0n) is 10.8. The van der Waals surface area contributed by atoms with E-state index in [0.717, 1.165) is 18.9 Å². The van der Waals surface area contributed by atoms with Crippen molar-refractivity contribution in [1.29, 1.82) is 0 Å². The van der Waals surface area contributed by atoms with Crippen LogP contribution < -0.4 is 10.6 Å². The van der Waals surface area contributed by atoms with Gasteiger partial charge < -0.3 is 10.6 Å². The van der Waals surface area contributed by atoms with Crippen molar-refractivity contribution >= 4 is 11.8 Å². The molecule has 2 saturated heterocycles. The number of anilines is 2. The van der Waals surface area contributed by atoms with Crippen LogP contribution in [0.1, 0.15) is 25.7 Å². The van der Waals surface area contributed by atoms with Crippen LogP contribution in [-0.2, 0) is 0 Å². The molecular formula is C13H21N5. The summed E-state index contributed by atoms with van der Waals surface area (Å²) in [5.41, 5.74) is 5.64. The Hall–Kier alpha value is -1.36. The Bertz CT molecular complexity index is 402. The molecule has 1 atom stereocenters. The van der Waals surface area contributed by atoms with Crippen LogP contribution in [0.3, 0.4) is 0 Å². The highest BCUT2D eigenvalue weighted by molar-refractivity contribution is 5.42. The van der Waals surface area contributed by atoms with Gasteiger partial charge >= 0.3 is 0 Å². The summed E-state index contributed by atoms with van der Waals surface area (Å²) in [6, 6.07) is 2.65. The van der Waals surface area contributed by atoms with E-state index in [4.69, 9.17) is 5.73 Å². The van der Waals surface area contributed by atoms with E-state index in [2.05, 4.69) is 19.8 Å². The number of hydrogen-bond donors (Lipinski definition) is 1. The summed E-state index contributed by atoms with van der Waals surface area (Å²) in [5, 5.41) is 0. The largest absolute Gasteiger partial charge is 0.368 e. The summed E-state index contributed by atoms with van der Waals surface area (Å²) in [6.45, 7) is 4.70. The lowest BCUT2D eigenvalue weighted by Crippen LogP contribution is -2.41. The fourth-order valence-corrected chi connectivity index (χ4v) is 3.07. The van der Waals surface area contributed by atoms with Crippen molar-refractivity contribution in [3.05, 3.63) is 12.3 Å². The van der Waals surface area contributed by atoms with Crippen LogP contribution in [0.5, 0.6) is 0 Å². The number of likely N-dealkylation sites (tertiary alicyclic amines) is 1. The zero-order chi connectivity index (χ0) is 12.4. The average Bonchev–Trinajstić information content (AvgIpc) is 2.89. The second-order valence-electron chi connectivity index (χ2n) is 5.26. The minimum atomic E-state index is 0.369. The van der Waals surface area contributed by atoms with Gasteiger partial charge in [0.25, 0.3) is 0 Å². The van der Waals surface area contributed by atoms with E-state index in [-0.39, 0.29) is 0 Å². The van der Waals surface area contributed by atoms with Crippen molar-refractivity contribution in [2.45, 2.75) is 31.7 Å². The van der Waals surface area contributed by atoms with E-state index >= 15 is 0 Å². The first-order chi connectivity index (χ1) is 8.83. The summed E-state index contributed by atoms with van der Waals surface area (Å²) in [7, 11) is 0. The fourth-order valence-electron chi connectivity index (χ4n) is 3.07. The highest BCUT2D eigenvalue weighted by Gasteiger charge is 2.29. The van der Waals surface area contributed by atoms with E-state index in [0.29, 0.717) is 12.0 Å². The van der Waals surface area contributed by atoms with E-state index in [1.807, 2.05) is 6.07 Å². The molecule has 98 valence electrons. The Kier molecular flexibility index (Phi) is 3.32. The van der Waals surface area contributed by atoms with Gasteiger partial charge in [-0.2, -0.15) is 4.98 Å². The quantitative estimate of drug-likeness (QED) is 0.849. The van der Waals surface area contributed by atoms with E-state index in [1.54, 1.807) is 6.20 Å². The first-order valence-corrected chi connectivity index (χ1v) is 6.90. The minimum Gasteiger partial charge on any atom is -0.368 e. The molecule has 2 fully saturated rings. The van der Waals surface area contributed by atoms with Gasteiger partial charge in [0.2, 0.25) is 5.95 Å². The van der Waals surface area contributed by atoms with Crippen LogP contribution in [0.2, 0.25) is 0 Å². The first kappa shape index (κ1) is 11.7. The van der Waals surface area contributed by atoms with E-state index in [1.165, 1.54) is 38.8 Å². The molecule has 2 aliphatic rings. The van der Waals surface area contributed by atoms with Gasteiger partial charge in [-0.25, -0.2) is 4.98 Å². The highest BCUT2D eigenvalue weighted by atomic mass is 15.3. The maximum atomic E-state index is 5.64. The van der Waals surface area contributed by atoms with Crippen molar-refractivity contribution in [2.24, 2.45) is 0 Å². The second kappa shape index (κ2) is 5.10. The van der Waals surface area contributed by atoms with Crippen LogP contribution in [0, 0.1) is 0 Å². The molecule has 5 nitrogen and oxygen atoms in total. The maximum Gasteiger partial charge on any atom is 0.221 e. The summed E-state index contributed by atoms with van der Waals surface area (Å²) < 4.78 is 0. The number of aromatic nitrogens is 2. The third-order valence-corrected chi connectivity index (χ3v) is 4.05. The van der Waals surface area contributed by atoms with Crippen LogP contribution >= 0.6 is 0 Å². The standard InChI is InChI=1S/C13H21N5/c14-13-15-6-4-12(16-13)18-9-5-11(10-18)17-7-2-1-3-8-17/h4,6,11H,1-3,5,7-10H2,(H2,14,15,16). The molecular weight excluding hydrogens is 226 g/mol. The summed E-state index contributed by atoms with van der Waals surface area (Å²) in [6.07, 6.45) is 7.10. The number of rotatable bonds is 2. The number of nitrogen functional groups attached to an aromatic ring is 1. The molecule has 1 unspecified atom stereocenters. The van der Waals surface area contributed by atoms with Gasteiger partial charge in [-0.3, -0.25) is 4.90 Å². The lowest BCUT2D eigenvalue weighted by molar-refractivity contribution is 0.175. The van der Waals surface area contributed by atoms with Crippen LogP contribution in [0.15, 0.2) is 12.3 Å². The van der Waals surface area contributed by atoms with E-state index < -0.39 is 0 Å². The summed E-state index contributed by atoms with van der Waals surface area (Å²) in [4.78, 5) is 13.2. The average molecular weight is 247 g/mol. The normalized spacial score (nSPS) is 25.6. The number of nitrogens with zero attached hydrogens (tertiary/aromatic N) is 4. The van der Waals surface area contributed by atoms with Gasteiger partial charge in [0.15, 0.2) is 0 Å². The molecule has 1 aromatic rings. The molecule has 0 bridgehead atoms. The van der Waals surface area contributed by atoms with Crippen molar-refractivity contribution in [1.82, 2.24) is 14.9 Å². The summed E-state index contributed by atoms with van der Waals surface area (Å²) >= 11 is 0. The Morgan fingerprint density at radius 3 is 2.78 bits per heavy atom. The Labute approximate surface area is 108 Å². The summed E-state index contributed by atoms with van der Waals surface area (Å²) in [5.74, 6) is 1.34. The van der Waals surface area contributed by atoms with Gasteiger partial charge in [-0.1, -0.05) is 6.42 Å². The third kappa shape index (κ3) is 2.41. The molecule has 3 heterocycles. The molecule has 0 amide bonds. The predicted octanol–water partition coefficient (Wildman–Crippen LogP) is 1.12. The molecule has 0 radical (unpaired) electrons. The zero-order valence-corrected chi connectivity index (χ0v) is 10.8. The third-order valence-electron chi connectivity index (χ3n) is 4.05. The molecule has 0 spiro atoms. The first-order valence-electron chi connectivity index (χ1n) is 6.90. The van der Waals surface area contributed by atoms with Gasteiger partial charge in [-0.15, -0.1) is 0 Å². The Morgan fingerprint density at radius 2 is 2.00 bits per heavy atom. The van der Waals surface area contributed by atoms with Crippen LogP contribution in [0.25, 0.3) is 0 Å². The molecule has 0 saturated carbocycles. The highest BCUT2D eigenvalue weighted by Crippen LogP contribution is 2.23. The molecule has 2 aliphatic heterocycles. The van der Waals surface area contributed by atoms with Gasteiger partial charge in [-0.05, 0) is 38.4 Å². The monoisotopic (exact) mass is 247 g/mol. The minimum absolute atomic E-state index is 0.369. The SMILES string of the molecule is Nc1nccc(N2CCC(N3CCCCC3)C2)n1. The van der Waals surface area contributed by atoms with Gasteiger partial charge in [0.05, 0.1) is 0 Å². The van der Waals surface area contributed by atoms with Crippen LogP contribution in [-0.4, -0.2) is 47.1 Å². The maximum absolute atomic E-state index is 5.64.